The highest BCUT2D eigenvalue weighted by atomic mass is 32.1. The van der Waals surface area contributed by atoms with E-state index in [0.29, 0.717) is 24.2 Å². The fraction of sp³-hybridized carbons (Fsp3) is 0.467. The Hall–Kier alpha value is -3.30. The number of benzene rings is 1. The number of carbonyl (C=O) groups is 1. The molecular weight excluding hydrogens is 508 g/mol. The SMILES string of the molecule is CO/N=C(\C)c1ccc(N(Cc2ccsc2)C2CCN([C@H](C)CCNC(=O)c3c(C)ncnc3C)CC2)cc1. The minimum atomic E-state index is -0.0877. The molecule has 9 heteroatoms. The van der Waals surface area contributed by atoms with Crippen LogP contribution in [0.5, 0.6) is 0 Å². The smallest absolute Gasteiger partial charge is 0.254 e. The summed E-state index contributed by atoms with van der Waals surface area (Å²) < 4.78 is 0. The molecule has 1 saturated heterocycles. The van der Waals surface area contributed by atoms with Crippen molar-refractivity contribution in [2.45, 2.75) is 65.6 Å². The van der Waals surface area contributed by atoms with Crippen LogP contribution < -0.4 is 10.2 Å². The molecule has 1 fully saturated rings. The maximum Gasteiger partial charge on any atom is 0.254 e. The van der Waals surface area contributed by atoms with Crippen molar-refractivity contribution in [1.29, 1.82) is 0 Å². The first-order chi connectivity index (χ1) is 18.9. The van der Waals surface area contributed by atoms with Gasteiger partial charge in [-0.2, -0.15) is 11.3 Å². The number of amides is 1. The standard InChI is InChI=1S/C30H40N6O2S/c1-21(10-14-31-30(37)29-23(3)32-20-33-24(29)4)35-15-11-28(12-16-35)36(18-25-13-17-39-19-25)27-8-6-26(7-9-27)22(2)34-38-5/h6-9,13,17,19-21,28H,10-12,14-16,18H2,1-5H3,(H,31,37)/b34-22+/t21-/m1/s1. The van der Waals surface area contributed by atoms with E-state index in [-0.39, 0.29) is 5.91 Å². The number of aromatic nitrogens is 2. The van der Waals surface area contributed by atoms with Crippen LogP contribution in [0.2, 0.25) is 0 Å². The molecule has 0 saturated carbocycles. The molecule has 39 heavy (non-hydrogen) atoms. The Morgan fingerprint density at radius 1 is 1.18 bits per heavy atom. The Morgan fingerprint density at radius 3 is 2.49 bits per heavy atom. The van der Waals surface area contributed by atoms with E-state index in [1.54, 1.807) is 18.4 Å². The molecule has 1 N–H and O–H groups in total. The number of hydrogen-bond acceptors (Lipinski definition) is 8. The van der Waals surface area contributed by atoms with Crippen molar-refractivity contribution < 1.29 is 9.63 Å². The lowest BCUT2D eigenvalue weighted by Gasteiger charge is -2.42. The maximum absolute atomic E-state index is 12.7. The summed E-state index contributed by atoms with van der Waals surface area (Å²) in [5.74, 6) is -0.0877. The predicted octanol–water partition coefficient (Wildman–Crippen LogP) is 5.20. The zero-order valence-electron chi connectivity index (χ0n) is 23.7. The molecule has 1 atom stereocenters. The van der Waals surface area contributed by atoms with Crippen LogP contribution in [0.3, 0.4) is 0 Å². The van der Waals surface area contributed by atoms with E-state index in [1.165, 1.54) is 17.6 Å². The summed E-state index contributed by atoms with van der Waals surface area (Å²) in [6, 6.07) is 11.8. The van der Waals surface area contributed by atoms with Crippen molar-refractivity contribution in [3.8, 4) is 0 Å². The average molecular weight is 549 g/mol. The summed E-state index contributed by atoms with van der Waals surface area (Å²) >= 11 is 1.75. The van der Waals surface area contributed by atoms with Crippen molar-refractivity contribution in [2.75, 3.05) is 31.6 Å². The van der Waals surface area contributed by atoms with Gasteiger partial charge >= 0.3 is 0 Å². The number of piperidine rings is 1. The third-order valence-electron chi connectivity index (χ3n) is 7.64. The molecule has 0 aliphatic carbocycles. The predicted molar refractivity (Wildman–Crippen MR) is 159 cm³/mol. The highest BCUT2D eigenvalue weighted by Gasteiger charge is 2.27. The van der Waals surface area contributed by atoms with Crippen LogP contribution in [-0.4, -0.2) is 65.3 Å². The van der Waals surface area contributed by atoms with Gasteiger partial charge in [-0.1, -0.05) is 17.3 Å². The lowest BCUT2D eigenvalue weighted by atomic mass is 9.99. The normalized spacial score (nSPS) is 15.7. The van der Waals surface area contributed by atoms with Gasteiger partial charge in [0, 0.05) is 44.0 Å². The van der Waals surface area contributed by atoms with Gasteiger partial charge in [-0.05, 0) is 87.0 Å². The molecule has 1 aliphatic rings. The largest absolute Gasteiger partial charge is 0.399 e. The molecule has 0 spiro atoms. The fourth-order valence-electron chi connectivity index (χ4n) is 5.32. The number of anilines is 1. The minimum absolute atomic E-state index is 0.0877. The Morgan fingerprint density at radius 2 is 1.87 bits per heavy atom. The van der Waals surface area contributed by atoms with Gasteiger partial charge in [0.05, 0.1) is 22.7 Å². The highest BCUT2D eigenvalue weighted by molar-refractivity contribution is 7.07. The number of likely N-dealkylation sites (tertiary alicyclic amines) is 1. The molecule has 0 bridgehead atoms. The van der Waals surface area contributed by atoms with E-state index in [2.05, 4.69) is 78.3 Å². The average Bonchev–Trinajstić information content (AvgIpc) is 3.45. The van der Waals surface area contributed by atoms with Gasteiger partial charge in [0.1, 0.15) is 13.4 Å². The molecular formula is C30H40N6O2S. The summed E-state index contributed by atoms with van der Waals surface area (Å²) in [5, 5.41) is 11.5. The molecule has 0 unspecified atom stereocenters. The quantitative estimate of drug-likeness (QED) is 0.262. The Bertz CT molecular complexity index is 1220. The van der Waals surface area contributed by atoms with Crippen LogP contribution in [0, 0.1) is 13.8 Å². The zero-order chi connectivity index (χ0) is 27.8. The van der Waals surface area contributed by atoms with Crippen LogP contribution in [0.15, 0.2) is 52.6 Å². The Kier molecular flexibility index (Phi) is 10.1. The number of rotatable bonds is 11. The molecule has 208 valence electrons. The van der Waals surface area contributed by atoms with Crippen molar-refractivity contribution in [3.05, 3.63) is 75.5 Å². The number of oxime groups is 1. The van der Waals surface area contributed by atoms with Crippen molar-refractivity contribution >= 4 is 28.6 Å². The molecule has 3 aromatic rings. The second-order valence-corrected chi connectivity index (χ2v) is 11.0. The lowest BCUT2D eigenvalue weighted by Crippen LogP contribution is -2.48. The summed E-state index contributed by atoms with van der Waals surface area (Å²) in [7, 11) is 1.57. The monoisotopic (exact) mass is 548 g/mol. The minimum Gasteiger partial charge on any atom is -0.399 e. The Balaban J connectivity index is 1.33. The fourth-order valence-corrected chi connectivity index (χ4v) is 5.98. The van der Waals surface area contributed by atoms with Gasteiger partial charge in [-0.15, -0.1) is 0 Å². The van der Waals surface area contributed by atoms with E-state index in [9.17, 15) is 4.79 Å². The highest BCUT2D eigenvalue weighted by Crippen LogP contribution is 2.28. The number of aryl methyl sites for hydroxylation is 2. The molecule has 1 amide bonds. The number of thiophene rings is 1. The van der Waals surface area contributed by atoms with E-state index >= 15 is 0 Å². The van der Waals surface area contributed by atoms with E-state index in [4.69, 9.17) is 4.84 Å². The van der Waals surface area contributed by atoms with Crippen molar-refractivity contribution in [2.24, 2.45) is 5.16 Å². The lowest BCUT2D eigenvalue weighted by molar-refractivity contribution is 0.0943. The van der Waals surface area contributed by atoms with Crippen LogP contribution >= 0.6 is 11.3 Å². The number of carbonyl (C=O) groups excluding carboxylic acids is 1. The van der Waals surface area contributed by atoms with Gasteiger partial charge in [0.25, 0.3) is 5.91 Å². The van der Waals surface area contributed by atoms with E-state index < -0.39 is 0 Å². The molecule has 1 aliphatic heterocycles. The van der Waals surface area contributed by atoms with Crippen LogP contribution in [0.25, 0.3) is 0 Å². The second-order valence-electron chi connectivity index (χ2n) is 10.2. The van der Waals surface area contributed by atoms with Crippen LogP contribution in [0.1, 0.15) is 66.0 Å². The maximum atomic E-state index is 12.7. The van der Waals surface area contributed by atoms with Crippen LogP contribution in [0.4, 0.5) is 5.69 Å². The molecule has 1 aromatic carbocycles. The number of nitrogens with one attached hydrogen (secondary N) is 1. The van der Waals surface area contributed by atoms with Gasteiger partial charge in [-0.25, -0.2) is 9.97 Å². The van der Waals surface area contributed by atoms with E-state index in [1.807, 2.05) is 20.8 Å². The first kappa shape index (κ1) is 28.7. The van der Waals surface area contributed by atoms with Crippen molar-refractivity contribution in [1.82, 2.24) is 20.2 Å². The zero-order valence-corrected chi connectivity index (χ0v) is 24.5. The molecule has 8 nitrogen and oxygen atoms in total. The van der Waals surface area contributed by atoms with Gasteiger partial charge in [-0.3, -0.25) is 4.79 Å². The second kappa shape index (κ2) is 13.7. The molecule has 2 aromatic heterocycles. The van der Waals surface area contributed by atoms with Gasteiger partial charge in [0.15, 0.2) is 0 Å². The number of hydrogen-bond donors (Lipinski definition) is 1. The summed E-state index contributed by atoms with van der Waals surface area (Å²) in [5.41, 5.74) is 6.55. The van der Waals surface area contributed by atoms with Gasteiger partial charge < -0.3 is 20.0 Å². The third kappa shape index (κ3) is 7.42. The molecule has 4 rings (SSSR count). The Labute approximate surface area is 236 Å². The summed E-state index contributed by atoms with van der Waals surface area (Å²) in [6.45, 7) is 11.6. The van der Waals surface area contributed by atoms with Gasteiger partial charge in [0.2, 0.25) is 0 Å². The first-order valence-electron chi connectivity index (χ1n) is 13.6. The number of nitrogens with zero attached hydrogens (tertiary/aromatic N) is 5. The topological polar surface area (TPSA) is 83.0 Å². The van der Waals surface area contributed by atoms with Crippen molar-refractivity contribution in [3.63, 3.8) is 0 Å². The first-order valence-corrected chi connectivity index (χ1v) is 14.6. The third-order valence-corrected chi connectivity index (χ3v) is 8.37. The van der Waals surface area contributed by atoms with Crippen LogP contribution in [-0.2, 0) is 11.4 Å². The van der Waals surface area contributed by atoms with E-state index in [0.717, 1.165) is 61.6 Å². The molecule has 0 radical (unpaired) electrons. The summed E-state index contributed by atoms with van der Waals surface area (Å²) in [4.78, 5) is 31.1. The summed E-state index contributed by atoms with van der Waals surface area (Å²) in [6.07, 6.45) is 4.62. The molecule has 3 heterocycles.